The molecule has 0 amide bonds. The second-order valence-corrected chi connectivity index (χ2v) is 6.05. The van der Waals surface area contributed by atoms with Crippen LogP contribution in [0, 0.1) is 5.92 Å². The van der Waals surface area contributed by atoms with Crippen molar-refractivity contribution < 1.29 is 8.42 Å². The second-order valence-electron chi connectivity index (χ2n) is 4.51. The lowest BCUT2D eigenvalue weighted by Crippen LogP contribution is -2.47. The molecule has 2 atom stereocenters. The molecule has 2 heterocycles. The molecule has 3 N–H and O–H groups in total. The third kappa shape index (κ3) is 2.69. The molecule has 0 aromatic rings. The smallest absolute Gasteiger partial charge is 0.276 e. The lowest BCUT2D eigenvalue weighted by Gasteiger charge is -2.33. The monoisotopic (exact) mass is 233 g/mol. The lowest BCUT2D eigenvalue weighted by atomic mass is 9.91. The first kappa shape index (κ1) is 11.3. The van der Waals surface area contributed by atoms with Crippen molar-refractivity contribution in [3.05, 3.63) is 0 Å². The Kier molecular flexibility index (Phi) is 3.30. The molecule has 0 aromatic heterocycles. The molecule has 15 heavy (non-hydrogen) atoms. The van der Waals surface area contributed by atoms with Crippen LogP contribution >= 0.6 is 0 Å². The zero-order chi connectivity index (χ0) is 10.9. The molecule has 0 radical (unpaired) electrons. The quantitative estimate of drug-likeness (QED) is 0.685. The van der Waals surface area contributed by atoms with Gasteiger partial charge in [-0.25, -0.2) is 5.14 Å². The fraction of sp³-hybridized carbons (Fsp3) is 1.00. The summed E-state index contributed by atoms with van der Waals surface area (Å²) in [6.45, 7) is 2.25. The molecule has 88 valence electrons. The molecular formula is C9H19N3O2S. The van der Waals surface area contributed by atoms with Crippen LogP contribution in [0.4, 0.5) is 0 Å². The van der Waals surface area contributed by atoms with Crippen molar-refractivity contribution in [3.63, 3.8) is 0 Å². The summed E-state index contributed by atoms with van der Waals surface area (Å²) in [5.74, 6) is 0.444. The summed E-state index contributed by atoms with van der Waals surface area (Å²) < 4.78 is 23.9. The maximum atomic E-state index is 11.2. The second kappa shape index (κ2) is 4.37. The van der Waals surface area contributed by atoms with Crippen LogP contribution in [0.5, 0.6) is 0 Å². The van der Waals surface area contributed by atoms with Crippen molar-refractivity contribution in [1.82, 2.24) is 9.62 Å². The van der Waals surface area contributed by atoms with E-state index >= 15 is 0 Å². The Balaban J connectivity index is 1.97. The summed E-state index contributed by atoms with van der Waals surface area (Å²) in [5, 5.41) is 8.58. The molecule has 5 nitrogen and oxygen atoms in total. The Labute approximate surface area is 91.2 Å². The van der Waals surface area contributed by atoms with Gasteiger partial charge in [0.15, 0.2) is 0 Å². The number of rotatable bonds is 2. The van der Waals surface area contributed by atoms with Gasteiger partial charge in [-0.15, -0.1) is 0 Å². The van der Waals surface area contributed by atoms with Crippen LogP contribution < -0.4 is 10.5 Å². The van der Waals surface area contributed by atoms with Crippen LogP contribution in [0.25, 0.3) is 0 Å². The van der Waals surface area contributed by atoms with Crippen LogP contribution in [-0.2, 0) is 10.2 Å². The highest BCUT2D eigenvalue weighted by Gasteiger charge is 2.32. The standard InChI is InChI=1S/C9H19N3O2S/c10-15(13,14)12-6-2-3-8(7-12)9-4-1-5-11-9/h8-9,11H,1-7H2,(H2,10,13,14). The van der Waals surface area contributed by atoms with Gasteiger partial charge in [-0.1, -0.05) is 0 Å². The Morgan fingerprint density at radius 1 is 1.27 bits per heavy atom. The fourth-order valence-corrected chi connectivity index (χ4v) is 3.43. The first-order valence-corrected chi connectivity index (χ1v) is 7.09. The van der Waals surface area contributed by atoms with Gasteiger partial charge < -0.3 is 5.32 Å². The average molecular weight is 233 g/mol. The molecule has 2 rings (SSSR count). The highest BCUT2D eigenvalue weighted by molar-refractivity contribution is 7.86. The van der Waals surface area contributed by atoms with Gasteiger partial charge in [0.25, 0.3) is 10.2 Å². The summed E-state index contributed by atoms with van der Waals surface area (Å²) in [7, 11) is -3.48. The first-order chi connectivity index (χ1) is 7.07. The van der Waals surface area contributed by atoms with E-state index in [-0.39, 0.29) is 0 Å². The van der Waals surface area contributed by atoms with Crippen molar-refractivity contribution in [2.75, 3.05) is 19.6 Å². The van der Waals surface area contributed by atoms with E-state index in [1.165, 1.54) is 17.1 Å². The van der Waals surface area contributed by atoms with Gasteiger partial charge in [0.1, 0.15) is 0 Å². The average Bonchev–Trinajstić information content (AvgIpc) is 2.69. The highest BCUT2D eigenvalue weighted by Crippen LogP contribution is 2.25. The molecule has 0 aromatic carbocycles. The predicted octanol–water partition coefficient (Wildman–Crippen LogP) is -0.346. The fourth-order valence-electron chi connectivity index (χ4n) is 2.65. The maximum absolute atomic E-state index is 11.2. The Morgan fingerprint density at radius 3 is 2.67 bits per heavy atom. The molecule has 0 bridgehead atoms. The van der Waals surface area contributed by atoms with E-state index in [1.807, 2.05) is 0 Å². The Morgan fingerprint density at radius 2 is 2.07 bits per heavy atom. The third-order valence-corrected chi connectivity index (χ3v) is 4.50. The minimum Gasteiger partial charge on any atom is -0.314 e. The topological polar surface area (TPSA) is 75.4 Å². The number of nitrogens with zero attached hydrogens (tertiary/aromatic N) is 1. The van der Waals surface area contributed by atoms with E-state index < -0.39 is 10.2 Å². The lowest BCUT2D eigenvalue weighted by molar-refractivity contribution is 0.226. The van der Waals surface area contributed by atoms with Gasteiger partial charge in [-0.05, 0) is 38.1 Å². The van der Waals surface area contributed by atoms with Gasteiger partial charge in [0.2, 0.25) is 0 Å². The SMILES string of the molecule is NS(=O)(=O)N1CCCC(C2CCCN2)C1. The Hall–Kier alpha value is -0.170. The molecule has 0 saturated carbocycles. The van der Waals surface area contributed by atoms with E-state index in [0.29, 0.717) is 25.0 Å². The highest BCUT2D eigenvalue weighted by atomic mass is 32.2. The van der Waals surface area contributed by atoms with Crippen molar-refractivity contribution in [1.29, 1.82) is 0 Å². The van der Waals surface area contributed by atoms with Gasteiger partial charge in [0.05, 0.1) is 0 Å². The number of piperidine rings is 1. The van der Waals surface area contributed by atoms with E-state index in [1.54, 1.807) is 0 Å². The zero-order valence-corrected chi connectivity index (χ0v) is 9.67. The van der Waals surface area contributed by atoms with Gasteiger partial charge in [0, 0.05) is 19.1 Å². The summed E-state index contributed by atoms with van der Waals surface area (Å²) >= 11 is 0. The minimum absolute atomic E-state index is 0.444. The maximum Gasteiger partial charge on any atom is 0.276 e. The van der Waals surface area contributed by atoms with E-state index in [9.17, 15) is 8.42 Å². The van der Waals surface area contributed by atoms with Gasteiger partial charge in [-0.3, -0.25) is 0 Å². The van der Waals surface area contributed by atoms with Crippen molar-refractivity contribution >= 4 is 10.2 Å². The first-order valence-electron chi connectivity index (χ1n) is 5.58. The van der Waals surface area contributed by atoms with Crippen molar-refractivity contribution in [2.24, 2.45) is 11.1 Å². The van der Waals surface area contributed by atoms with Crippen LogP contribution in [0.3, 0.4) is 0 Å². The summed E-state index contributed by atoms with van der Waals surface area (Å²) in [6.07, 6.45) is 4.42. The van der Waals surface area contributed by atoms with Crippen LogP contribution in [0.2, 0.25) is 0 Å². The number of nitrogens with two attached hydrogens (primary N) is 1. The van der Waals surface area contributed by atoms with Crippen LogP contribution in [0.1, 0.15) is 25.7 Å². The van der Waals surface area contributed by atoms with Crippen LogP contribution in [0.15, 0.2) is 0 Å². The van der Waals surface area contributed by atoms with Crippen LogP contribution in [-0.4, -0.2) is 38.4 Å². The molecule has 2 aliphatic heterocycles. The van der Waals surface area contributed by atoms with E-state index in [4.69, 9.17) is 5.14 Å². The molecular weight excluding hydrogens is 214 g/mol. The molecule has 2 saturated heterocycles. The zero-order valence-electron chi connectivity index (χ0n) is 8.85. The molecule has 2 fully saturated rings. The van der Waals surface area contributed by atoms with Gasteiger partial charge >= 0.3 is 0 Å². The molecule has 0 spiro atoms. The summed E-state index contributed by atoms with van der Waals surface area (Å²) in [4.78, 5) is 0. The van der Waals surface area contributed by atoms with E-state index in [0.717, 1.165) is 19.4 Å². The normalized spacial score (nSPS) is 34.5. The molecule has 2 aliphatic rings. The van der Waals surface area contributed by atoms with Crippen molar-refractivity contribution in [3.8, 4) is 0 Å². The van der Waals surface area contributed by atoms with Gasteiger partial charge in [-0.2, -0.15) is 12.7 Å². The van der Waals surface area contributed by atoms with Crippen molar-refractivity contribution in [2.45, 2.75) is 31.7 Å². The summed E-state index contributed by atoms with van der Waals surface area (Å²) in [6, 6.07) is 0.495. The molecule has 0 aliphatic carbocycles. The van der Waals surface area contributed by atoms with E-state index in [2.05, 4.69) is 5.32 Å². The minimum atomic E-state index is -3.48. The number of hydrogen-bond acceptors (Lipinski definition) is 3. The largest absolute Gasteiger partial charge is 0.314 e. The Bertz CT molecular complexity index is 311. The molecule has 2 unspecified atom stereocenters. The number of nitrogens with one attached hydrogen (secondary N) is 1. The third-order valence-electron chi connectivity index (χ3n) is 3.45. The summed E-state index contributed by atoms with van der Waals surface area (Å²) in [5.41, 5.74) is 0. The molecule has 6 heteroatoms. The predicted molar refractivity (Wildman–Crippen MR) is 58.4 cm³/mol. The number of hydrogen-bond donors (Lipinski definition) is 2.